The number of fused-ring (bicyclic) bond motifs is 1. The molecule has 0 unspecified atom stereocenters. The number of nitrogens with zero attached hydrogens (tertiary/aromatic N) is 1. The van der Waals surface area contributed by atoms with Crippen LogP contribution >= 0.6 is 11.8 Å². The normalized spacial score (nSPS) is 50.3. The van der Waals surface area contributed by atoms with E-state index in [0.29, 0.717) is 0 Å². The molecular weight excluding hydrogens is 204 g/mol. The van der Waals surface area contributed by atoms with Gasteiger partial charge in [-0.1, -0.05) is 11.8 Å². The van der Waals surface area contributed by atoms with Gasteiger partial charge in [0, 0.05) is 7.05 Å². The molecule has 80 valence electrons. The Balaban J connectivity index is 2.14. The quantitative estimate of drug-likeness (QED) is 0.493. The smallest absolute Gasteiger partial charge is 0.159 e. The Bertz CT molecular complexity index is 261. The molecule has 0 spiro atoms. The van der Waals surface area contributed by atoms with Gasteiger partial charge in [0.05, 0.1) is 12.1 Å². The van der Waals surface area contributed by atoms with E-state index in [4.69, 9.17) is 4.74 Å². The van der Waals surface area contributed by atoms with Gasteiger partial charge in [-0.3, -0.25) is 4.99 Å². The minimum absolute atomic E-state index is 0.151. The summed E-state index contributed by atoms with van der Waals surface area (Å²) in [6.45, 7) is 1.76. The molecule has 0 aromatic rings. The van der Waals surface area contributed by atoms with Crippen LogP contribution < -0.4 is 5.32 Å². The van der Waals surface area contributed by atoms with Crippen molar-refractivity contribution in [2.75, 3.05) is 7.05 Å². The highest BCUT2D eigenvalue weighted by molar-refractivity contribution is 8.14. The Hall–Kier alpha value is -0.300. The molecule has 3 N–H and O–H groups in total. The number of aliphatic hydroxyl groups excluding tert-OH is 2. The van der Waals surface area contributed by atoms with Crippen LogP contribution in [0.15, 0.2) is 4.99 Å². The maximum Gasteiger partial charge on any atom is 0.159 e. The molecule has 0 saturated carbocycles. The third-order valence-corrected chi connectivity index (χ3v) is 3.72. The van der Waals surface area contributed by atoms with Crippen molar-refractivity contribution in [1.29, 1.82) is 0 Å². The molecule has 6 heteroatoms. The van der Waals surface area contributed by atoms with Crippen molar-refractivity contribution in [2.24, 2.45) is 4.99 Å². The largest absolute Gasteiger partial charge is 0.388 e. The first-order valence-corrected chi connectivity index (χ1v) is 5.43. The summed E-state index contributed by atoms with van der Waals surface area (Å²) in [5.74, 6) is 0. The van der Waals surface area contributed by atoms with E-state index in [0.717, 1.165) is 5.17 Å². The van der Waals surface area contributed by atoms with Gasteiger partial charge in [-0.25, -0.2) is 0 Å². The SMILES string of the molecule is CN=C1N[C@@H]2[C@@H](O)[C@H](O)[C@@H](C)O[C@@H]2S1. The summed E-state index contributed by atoms with van der Waals surface area (Å²) < 4.78 is 5.53. The summed E-state index contributed by atoms with van der Waals surface area (Å²) in [7, 11) is 1.68. The Morgan fingerprint density at radius 3 is 2.79 bits per heavy atom. The van der Waals surface area contributed by atoms with E-state index in [1.807, 2.05) is 0 Å². The van der Waals surface area contributed by atoms with E-state index in [1.54, 1.807) is 14.0 Å². The van der Waals surface area contributed by atoms with Gasteiger partial charge in [-0.15, -0.1) is 0 Å². The first-order chi connectivity index (χ1) is 6.63. The first-order valence-electron chi connectivity index (χ1n) is 4.55. The van der Waals surface area contributed by atoms with Gasteiger partial charge in [0.2, 0.25) is 0 Å². The summed E-state index contributed by atoms with van der Waals surface area (Å²) in [5, 5.41) is 23.1. The molecule has 14 heavy (non-hydrogen) atoms. The number of aliphatic hydroxyl groups is 2. The summed E-state index contributed by atoms with van der Waals surface area (Å²) in [6.07, 6.45) is -1.96. The maximum atomic E-state index is 9.77. The zero-order valence-electron chi connectivity index (χ0n) is 8.04. The molecule has 5 atom stereocenters. The lowest BCUT2D eigenvalue weighted by molar-refractivity contribution is -0.148. The minimum atomic E-state index is -0.833. The van der Waals surface area contributed by atoms with Gasteiger partial charge in [-0.2, -0.15) is 0 Å². The third-order valence-electron chi connectivity index (χ3n) is 2.56. The molecule has 0 aromatic carbocycles. The van der Waals surface area contributed by atoms with E-state index >= 15 is 0 Å². The Morgan fingerprint density at radius 2 is 2.14 bits per heavy atom. The number of ether oxygens (including phenoxy) is 1. The van der Waals surface area contributed by atoms with Gasteiger partial charge in [0.25, 0.3) is 0 Å². The van der Waals surface area contributed by atoms with Crippen LogP contribution in [0.2, 0.25) is 0 Å². The number of hydrogen-bond acceptors (Lipinski definition) is 5. The second kappa shape index (κ2) is 3.69. The number of thioether (sulfide) groups is 1. The maximum absolute atomic E-state index is 9.77. The van der Waals surface area contributed by atoms with Crippen molar-refractivity contribution in [1.82, 2.24) is 5.32 Å². The Labute approximate surface area is 86.6 Å². The van der Waals surface area contributed by atoms with Crippen molar-refractivity contribution in [3.05, 3.63) is 0 Å². The van der Waals surface area contributed by atoms with Crippen LogP contribution in [-0.2, 0) is 4.74 Å². The van der Waals surface area contributed by atoms with Crippen LogP contribution in [0.3, 0.4) is 0 Å². The molecule has 2 aliphatic heterocycles. The van der Waals surface area contributed by atoms with E-state index < -0.39 is 12.2 Å². The lowest BCUT2D eigenvalue weighted by Crippen LogP contribution is -2.58. The van der Waals surface area contributed by atoms with Gasteiger partial charge in [0.1, 0.15) is 17.6 Å². The fraction of sp³-hybridized carbons (Fsp3) is 0.875. The topological polar surface area (TPSA) is 74.1 Å². The fourth-order valence-corrected chi connectivity index (χ4v) is 2.82. The summed E-state index contributed by atoms with van der Waals surface area (Å²) >= 11 is 1.45. The molecule has 2 saturated heterocycles. The highest BCUT2D eigenvalue weighted by Gasteiger charge is 2.47. The molecule has 0 radical (unpaired) electrons. The van der Waals surface area contributed by atoms with Gasteiger partial charge >= 0.3 is 0 Å². The van der Waals surface area contributed by atoms with Crippen LogP contribution in [0.25, 0.3) is 0 Å². The van der Waals surface area contributed by atoms with Crippen LogP contribution in [0.4, 0.5) is 0 Å². The van der Waals surface area contributed by atoms with Crippen molar-refractivity contribution >= 4 is 16.9 Å². The molecular formula is C8H14N2O3S. The number of aliphatic imine (C=N–C) groups is 1. The van der Waals surface area contributed by atoms with Crippen LogP contribution in [0.1, 0.15) is 6.92 Å². The molecule has 2 fully saturated rings. The number of rotatable bonds is 0. The molecule has 2 heterocycles. The molecule has 5 nitrogen and oxygen atoms in total. The standard InChI is InChI=1S/C8H14N2O3S/c1-3-5(11)6(12)4-7(13-3)14-8(9-2)10-4/h3-7,11-12H,1-2H3,(H,9,10)/t3-,4-,5-,6-,7-/m1/s1. The average molecular weight is 218 g/mol. The monoisotopic (exact) mass is 218 g/mol. The third kappa shape index (κ3) is 1.52. The van der Waals surface area contributed by atoms with E-state index in [2.05, 4.69) is 10.3 Å². The second-order valence-electron chi connectivity index (χ2n) is 3.51. The van der Waals surface area contributed by atoms with Crippen molar-refractivity contribution < 1.29 is 14.9 Å². The lowest BCUT2D eigenvalue weighted by Gasteiger charge is -2.37. The van der Waals surface area contributed by atoms with Crippen LogP contribution in [-0.4, -0.2) is 52.2 Å². The fourth-order valence-electron chi connectivity index (χ4n) is 1.69. The van der Waals surface area contributed by atoms with Gasteiger partial charge in [0.15, 0.2) is 5.17 Å². The van der Waals surface area contributed by atoms with Crippen molar-refractivity contribution in [3.8, 4) is 0 Å². The van der Waals surface area contributed by atoms with Gasteiger partial charge < -0.3 is 20.3 Å². The predicted octanol–water partition coefficient (Wildman–Crippen LogP) is -0.856. The first kappa shape index (κ1) is 10.2. The summed E-state index contributed by atoms with van der Waals surface area (Å²) in [6, 6.07) is -0.259. The predicted molar refractivity (Wildman–Crippen MR) is 54.2 cm³/mol. The number of nitrogens with one attached hydrogen (secondary N) is 1. The zero-order valence-corrected chi connectivity index (χ0v) is 8.86. The molecule has 0 aliphatic carbocycles. The van der Waals surface area contributed by atoms with E-state index in [9.17, 15) is 10.2 Å². The van der Waals surface area contributed by atoms with Crippen LogP contribution in [0, 0.1) is 0 Å². The molecule has 2 rings (SSSR count). The van der Waals surface area contributed by atoms with E-state index in [1.165, 1.54) is 11.8 Å². The zero-order chi connectivity index (χ0) is 10.3. The van der Waals surface area contributed by atoms with Gasteiger partial charge in [-0.05, 0) is 6.92 Å². The number of amidine groups is 1. The summed E-state index contributed by atoms with van der Waals surface area (Å²) in [5.41, 5.74) is -0.151. The van der Waals surface area contributed by atoms with Crippen molar-refractivity contribution in [3.63, 3.8) is 0 Å². The Kier molecular flexibility index (Phi) is 2.70. The molecule has 0 amide bonds. The average Bonchev–Trinajstić information content (AvgIpc) is 2.57. The number of hydrogen-bond donors (Lipinski definition) is 3. The molecule has 2 aliphatic rings. The molecule has 0 aromatic heterocycles. The molecule has 0 bridgehead atoms. The highest BCUT2D eigenvalue weighted by atomic mass is 32.2. The Morgan fingerprint density at radius 1 is 1.43 bits per heavy atom. The highest BCUT2D eigenvalue weighted by Crippen LogP contribution is 2.33. The second-order valence-corrected chi connectivity index (χ2v) is 4.59. The lowest BCUT2D eigenvalue weighted by atomic mass is 9.99. The van der Waals surface area contributed by atoms with E-state index in [-0.39, 0.29) is 17.6 Å². The van der Waals surface area contributed by atoms with Crippen molar-refractivity contribution in [2.45, 2.75) is 36.7 Å². The summed E-state index contributed by atoms with van der Waals surface area (Å²) in [4.78, 5) is 3.99. The minimum Gasteiger partial charge on any atom is -0.388 e. The van der Waals surface area contributed by atoms with Crippen LogP contribution in [0.5, 0.6) is 0 Å².